The third kappa shape index (κ3) is 4.02. The summed E-state index contributed by atoms with van der Waals surface area (Å²) in [7, 11) is -3.56. The first-order chi connectivity index (χ1) is 13.9. The second kappa shape index (κ2) is 7.94. The summed E-state index contributed by atoms with van der Waals surface area (Å²) >= 11 is 0.992. The van der Waals surface area contributed by atoms with Crippen LogP contribution in [0.4, 0.5) is 0 Å². The van der Waals surface area contributed by atoms with Crippen molar-refractivity contribution < 1.29 is 18.3 Å². The fraction of sp³-hybridized carbons (Fsp3) is 0.200. The minimum absolute atomic E-state index is 0.0632. The SMILES string of the molecule is O=C(O)C(=Cc1ccc(-n2ccnc2)cc1)c1ccc(S(=O)(=O)N2CCCC2)s1. The standard InChI is InChI=1S/C20H19N3O4S2/c24-20(25)17(13-15-3-5-16(6-4-15)22-12-9-21-14-22)18-7-8-19(28-18)29(26,27)23-10-1-2-11-23/h3-9,12-14H,1-2,10-11H2,(H,24,25). The van der Waals surface area contributed by atoms with E-state index in [1.807, 2.05) is 35.0 Å². The zero-order valence-corrected chi connectivity index (χ0v) is 17.1. The molecule has 150 valence electrons. The Balaban J connectivity index is 1.63. The lowest BCUT2D eigenvalue weighted by Gasteiger charge is -2.13. The molecule has 0 amide bonds. The van der Waals surface area contributed by atoms with Gasteiger partial charge in [0.2, 0.25) is 0 Å². The van der Waals surface area contributed by atoms with E-state index in [0.29, 0.717) is 23.5 Å². The molecule has 1 N–H and O–H groups in total. The number of hydrogen-bond donors (Lipinski definition) is 1. The molecule has 1 aromatic carbocycles. The molecule has 2 aromatic heterocycles. The number of carbonyl (C=O) groups is 1. The van der Waals surface area contributed by atoms with Crippen molar-refractivity contribution in [3.8, 4) is 5.69 Å². The van der Waals surface area contributed by atoms with Gasteiger partial charge in [-0.25, -0.2) is 18.2 Å². The van der Waals surface area contributed by atoms with E-state index >= 15 is 0 Å². The Morgan fingerprint density at radius 2 is 1.83 bits per heavy atom. The summed E-state index contributed by atoms with van der Waals surface area (Å²) in [6.07, 6.45) is 8.45. The molecule has 1 saturated heterocycles. The van der Waals surface area contributed by atoms with Gasteiger partial charge in [-0.1, -0.05) is 12.1 Å². The van der Waals surface area contributed by atoms with E-state index in [1.54, 1.807) is 24.7 Å². The molecule has 3 heterocycles. The Hall–Kier alpha value is -2.75. The normalized spacial score (nSPS) is 15.7. The molecule has 9 heteroatoms. The molecule has 7 nitrogen and oxygen atoms in total. The van der Waals surface area contributed by atoms with E-state index in [-0.39, 0.29) is 9.78 Å². The smallest absolute Gasteiger partial charge is 0.337 e. The maximum atomic E-state index is 12.7. The number of carboxylic acids is 1. The summed E-state index contributed by atoms with van der Waals surface area (Å²) in [6.45, 7) is 1.03. The first kappa shape index (κ1) is 19.6. The van der Waals surface area contributed by atoms with Crippen molar-refractivity contribution in [3.05, 3.63) is 65.6 Å². The van der Waals surface area contributed by atoms with E-state index in [0.717, 1.165) is 29.9 Å². The first-order valence-corrected chi connectivity index (χ1v) is 11.3. The number of imidazole rings is 1. The Labute approximate surface area is 172 Å². The van der Waals surface area contributed by atoms with Gasteiger partial charge in [0, 0.05) is 36.0 Å². The van der Waals surface area contributed by atoms with Crippen LogP contribution in [0.3, 0.4) is 0 Å². The number of aliphatic carboxylic acids is 1. The highest BCUT2D eigenvalue weighted by molar-refractivity contribution is 7.91. The van der Waals surface area contributed by atoms with Crippen LogP contribution in [-0.2, 0) is 14.8 Å². The average Bonchev–Trinajstić information content (AvgIpc) is 3.49. The second-order valence-corrected chi connectivity index (χ2v) is 9.90. The van der Waals surface area contributed by atoms with E-state index in [4.69, 9.17) is 0 Å². The van der Waals surface area contributed by atoms with Crippen LogP contribution in [-0.4, -0.2) is 46.4 Å². The van der Waals surface area contributed by atoms with Gasteiger partial charge in [0.1, 0.15) is 4.21 Å². The Morgan fingerprint density at radius 1 is 1.10 bits per heavy atom. The fourth-order valence-corrected chi connectivity index (χ4v) is 6.20. The molecule has 1 fully saturated rings. The molecular formula is C20H19N3O4S2. The molecule has 0 spiro atoms. The predicted molar refractivity (Wildman–Crippen MR) is 111 cm³/mol. The molecular weight excluding hydrogens is 410 g/mol. The van der Waals surface area contributed by atoms with E-state index in [1.165, 1.54) is 10.4 Å². The molecule has 0 bridgehead atoms. The first-order valence-electron chi connectivity index (χ1n) is 9.09. The summed E-state index contributed by atoms with van der Waals surface area (Å²) in [5, 5.41) is 9.68. The van der Waals surface area contributed by atoms with Gasteiger partial charge in [0.05, 0.1) is 11.9 Å². The molecule has 1 aliphatic rings. The van der Waals surface area contributed by atoms with E-state index in [9.17, 15) is 18.3 Å². The number of thiophene rings is 1. The highest BCUT2D eigenvalue weighted by Crippen LogP contribution is 2.32. The molecule has 1 aliphatic heterocycles. The number of sulfonamides is 1. The van der Waals surface area contributed by atoms with Crippen LogP contribution in [0.15, 0.2) is 59.3 Å². The monoisotopic (exact) mass is 429 g/mol. The maximum absolute atomic E-state index is 12.7. The quantitative estimate of drug-likeness (QED) is 0.607. The molecule has 0 atom stereocenters. The lowest BCUT2D eigenvalue weighted by Crippen LogP contribution is -2.27. The Bertz CT molecular complexity index is 1140. The maximum Gasteiger partial charge on any atom is 0.337 e. The number of nitrogens with zero attached hydrogens (tertiary/aromatic N) is 3. The van der Waals surface area contributed by atoms with Crippen molar-refractivity contribution in [1.29, 1.82) is 0 Å². The molecule has 0 saturated carbocycles. The number of benzene rings is 1. The van der Waals surface area contributed by atoms with Crippen LogP contribution in [0.5, 0.6) is 0 Å². The van der Waals surface area contributed by atoms with Crippen LogP contribution in [0.2, 0.25) is 0 Å². The number of carboxylic acid groups (broad SMARTS) is 1. The third-order valence-electron chi connectivity index (χ3n) is 4.74. The molecule has 29 heavy (non-hydrogen) atoms. The Kier molecular flexibility index (Phi) is 5.35. The summed E-state index contributed by atoms with van der Waals surface area (Å²) in [5.74, 6) is -1.10. The summed E-state index contributed by atoms with van der Waals surface area (Å²) in [6, 6.07) is 10.4. The molecule has 3 aromatic rings. The Morgan fingerprint density at radius 3 is 2.45 bits per heavy atom. The van der Waals surface area contributed by atoms with Crippen molar-refractivity contribution in [2.45, 2.75) is 17.1 Å². The van der Waals surface area contributed by atoms with Crippen molar-refractivity contribution in [2.75, 3.05) is 13.1 Å². The van der Waals surface area contributed by atoms with Gasteiger partial charge >= 0.3 is 5.97 Å². The molecule has 0 unspecified atom stereocenters. The lowest BCUT2D eigenvalue weighted by atomic mass is 10.1. The molecule has 0 radical (unpaired) electrons. The van der Waals surface area contributed by atoms with Gasteiger partial charge in [-0.3, -0.25) is 0 Å². The van der Waals surface area contributed by atoms with Crippen molar-refractivity contribution in [1.82, 2.24) is 13.9 Å². The van der Waals surface area contributed by atoms with Crippen LogP contribution in [0.25, 0.3) is 17.3 Å². The van der Waals surface area contributed by atoms with E-state index in [2.05, 4.69) is 4.98 Å². The van der Waals surface area contributed by atoms with Gasteiger partial charge in [-0.2, -0.15) is 4.31 Å². The topological polar surface area (TPSA) is 92.5 Å². The average molecular weight is 430 g/mol. The van der Waals surface area contributed by atoms with Gasteiger partial charge in [0.15, 0.2) is 0 Å². The largest absolute Gasteiger partial charge is 0.478 e. The second-order valence-electron chi connectivity index (χ2n) is 6.65. The lowest BCUT2D eigenvalue weighted by molar-refractivity contribution is -0.130. The van der Waals surface area contributed by atoms with Crippen LogP contribution in [0, 0.1) is 0 Å². The zero-order valence-electron chi connectivity index (χ0n) is 15.4. The highest BCUT2D eigenvalue weighted by Gasteiger charge is 2.29. The number of rotatable bonds is 6. The van der Waals surface area contributed by atoms with Crippen molar-refractivity contribution >= 4 is 39.0 Å². The molecule has 4 rings (SSSR count). The summed E-state index contributed by atoms with van der Waals surface area (Å²) in [5.41, 5.74) is 1.68. The minimum Gasteiger partial charge on any atom is -0.478 e. The zero-order chi connectivity index (χ0) is 20.4. The van der Waals surface area contributed by atoms with Crippen LogP contribution >= 0.6 is 11.3 Å². The number of hydrogen-bond acceptors (Lipinski definition) is 5. The van der Waals surface area contributed by atoms with E-state index < -0.39 is 16.0 Å². The molecule has 0 aliphatic carbocycles. The highest BCUT2D eigenvalue weighted by atomic mass is 32.2. The summed E-state index contributed by atoms with van der Waals surface area (Å²) in [4.78, 5) is 16.3. The predicted octanol–water partition coefficient (Wildman–Crippen LogP) is 3.34. The van der Waals surface area contributed by atoms with Gasteiger partial charge in [-0.05, 0) is 48.7 Å². The van der Waals surface area contributed by atoms with Crippen molar-refractivity contribution in [2.24, 2.45) is 0 Å². The summed E-state index contributed by atoms with van der Waals surface area (Å²) < 4.78 is 28.9. The van der Waals surface area contributed by atoms with Crippen molar-refractivity contribution in [3.63, 3.8) is 0 Å². The van der Waals surface area contributed by atoms with Crippen LogP contribution < -0.4 is 0 Å². The number of aromatic nitrogens is 2. The van der Waals surface area contributed by atoms with Gasteiger partial charge < -0.3 is 9.67 Å². The van der Waals surface area contributed by atoms with Gasteiger partial charge in [0.25, 0.3) is 10.0 Å². The minimum atomic E-state index is -3.56. The van der Waals surface area contributed by atoms with Gasteiger partial charge in [-0.15, -0.1) is 11.3 Å². The third-order valence-corrected chi connectivity index (χ3v) is 8.23. The fourth-order valence-electron chi connectivity index (χ4n) is 3.22. The van der Waals surface area contributed by atoms with Crippen LogP contribution in [0.1, 0.15) is 23.3 Å².